The van der Waals surface area contributed by atoms with E-state index in [1.807, 2.05) is 60.7 Å². The summed E-state index contributed by atoms with van der Waals surface area (Å²) in [5, 5.41) is 9.43. The molecule has 0 spiro atoms. The zero-order chi connectivity index (χ0) is 25.9. The molecule has 0 radical (unpaired) electrons. The van der Waals surface area contributed by atoms with Crippen molar-refractivity contribution in [3.8, 4) is 11.3 Å². The summed E-state index contributed by atoms with van der Waals surface area (Å²) in [5.41, 5.74) is 7.70. The Morgan fingerprint density at radius 1 is 0.974 bits per heavy atom. The van der Waals surface area contributed by atoms with Gasteiger partial charge in [-0.15, -0.1) is 0 Å². The minimum atomic E-state index is -0.371. The molecule has 0 saturated carbocycles. The lowest BCUT2D eigenvalue weighted by molar-refractivity contribution is 0.0951. The van der Waals surface area contributed by atoms with Crippen molar-refractivity contribution < 1.29 is 4.79 Å². The number of aromatic amines is 1. The maximum Gasteiger partial charge on any atom is 0.287 e. The minimum absolute atomic E-state index is 0.353. The third-order valence-electron chi connectivity index (χ3n) is 5.82. The van der Waals surface area contributed by atoms with Gasteiger partial charge in [0.1, 0.15) is 10.8 Å². The van der Waals surface area contributed by atoms with Crippen LogP contribution in [0.1, 0.15) is 16.1 Å². The molecule has 1 amide bonds. The predicted octanol–water partition coefficient (Wildman–Crippen LogP) is 5.73. The molecule has 4 heterocycles. The first kappa shape index (κ1) is 23.3. The molecule has 2 aromatic carbocycles. The van der Waals surface area contributed by atoms with E-state index in [4.69, 9.17) is 11.6 Å². The van der Waals surface area contributed by atoms with Gasteiger partial charge in [-0.3, -0.25) is 9.78 Å². The van der Waals surface area contributed by atoms with Crippen LogP contribution in [-0.2, 0) is 0 Å². The highest BCUT2D eigenvalue weighted by Gasteiger charge is 2.10. The van der Waals surface area contributed by atoms with Gasteiger partial charge in [-0.25, -0.2) is 20.4 Å². The maximum absolute atomic E-state index is 12.7. The van der Waals surface area contributed by atoms with E-state index in [0.29, 0.717) is 16.8 Å². The Bertz CT molecular complexity index is 1820. The van der Waals surface area contributed by atoms with Crippen molar-refractivity contribution in [1.29, 1.82) is 0 Å². The van der Waals surface area contributed by atoms with E-state index in [2.05, 4.69) is 40.8 Å². The predicted molar refractivity (Wildman–Crippen MR) is 149 cm³/mol. The van der Waals surface area contributed by atoms with E-state index in [1.165, 1.54) is 0 Å². The van der Waals surface area contributed by atoms with Gasteiger partial charge in [0, 0.05) is 51.7 Å². The van der Waals surface area contributed by atoms with E-state index in [9.17, 15) is 4.79 Å². The number of halogens is 1. The highest BCUT2D eigenvalue weighted by molar-refractivity contribution is 6.30. The number of H-pyrrole nitrogens is 1. The third kappa shape index (κ3) is 4.91. The first-order valence-electron chi connectivity index (χ1n) is 11.6. The van der Waals surface area contributed by atoms with Crippen molar-refractivity contribution >= 4 is 57.2 Å². The number of hydrogen-bond acceptors (Lipinski definition) is 7. The standard InChI is InChI=1S/C28H19ClN8O/c29-26-14-19(21-5-1-2-6-24(21)35-26)16-32-37-27(38)25-13-18-12-20(7-8-22(18)34-25)33-28-31-11-9-23(36-28)17-4-3-10-30-15-17/h1-16,34H,(H,37,38)(H,31,33,36)/b32-16+. The van der Waals surface area contributed by atoms with Crippen molar-refractivity contribution in [3.05, 3.63) is 108 Å². The van der Waals surface area contributed by atoms with Crippen molar-refractivity contribution in [2.24, 2.45) is 5.10 Å². The molecule has 4 aromatic heterocycles. The lowest BCUT2D eigenvalue weighted by Crippen LogP contribution is -2.17. The Kier molecular flexibility index (Phi) is 6.17. The molecule has 10 heteroatoms. The number of carbonyl (C=O) groups is 1. The number of hydrazone groups is 1. The van der Waals surface area contributed by atoms with Crippen molar-refractivity contribution in [2.45, 2.75) is 0 Å². The summed E-state index contributed by atoms with van der Waals surface area (Å²) in [6.07, 6.45) is 6.72. The summed E-state index contributed by atoms with van der Waals surface area (Å²) < 4.78 is 0. The topological polar surface area (TPSA) is 121 Å². The molecule has 0 atom stereocenters. The van der Waals surface area contributed by atoms with Crippen LogP contribution in [0.15, 0.2) is 96.5 Å². The molecule has 38 heavy (non-hydrogen) atoms. The summed E-state index contributed by atoms with van der Waals surface area (Å²) in [6, 6.07) is 22.4. The number of amides is 1. The van der Waals surface area contributed by atoms with Gasteiger partial charge in [-0.1, -0.05) is 29.8 Å². The van der Waals surface area contributed by atoms with Crippen LogP contribution in [0.4, 0.5) is 11.6 Å². The van der Waals surface area contributed by atoms with Gasteiger partial charge in [-0.2, -0.15) is 5.10 Å². The molecule has 0 aliphatic heterocycles. The van der Waals surface area contributed by atoms with Crippen LogP contribution in [0.3, 0.4) is 0 Å². The molecule has 6 aromatic rings. The molecular formula is C28H19ClN8O. The highest BCUT2D eigenvalue weighted by atomic mass is 35.5. The third-order valence-corrected chi connectivity index (χ3v) is 6.01. The lowest BCUT2D eigenvalue weighted by atomic mass is 10.1. The van der Waals surface area contributed by atoms with Crippen molar-refractivity contribution in [2.75, 3.05) is 5.32 Å². The van der Waals surface area contributed by atoms with E-state index >= 15 is 0 Å². The summed E-state index contributed by atoms with van der Waals surface area (Å²) >= 11 is 6.13. The highest BCUT2D eigenvalue weighted by Crippen LogP contribution is 2.24. The van der Waals surface area contributed by atoms with Gasteiger partial charge in [-0.05, 0) is 54.6 Å². The molecule has 184 valence electrons. The second-order valence-corrected chi connectivity index (χ2v) is 8.75. The van der Waals surface area contributed by atoms with Crippen LogP contribution in [0.5, 0.6) is 0 Å². The number of aromatic nitrogens is 5. The van der Waals surface area contributed by atoms with E-state index < -0.39 is 0 Å². The molecular weight excluding hydrogens is 500 g/mol. The van der Waals surface area contributed by atoms with Crippen LogP contribution in [-0.4, -0.2) is 37.0 Å². The second-order valence-electron chi connectivity index (χ2n) is 8.37. The van der Waals surface area contributed by atoms with Crippen LogP contribution in [0.25, 0.3) is 33.1 Å². The normalized spacial score (nSPS) is 11.3. The van der Waals surface area contributed by atoms with E-state index in [0.717, 1.165) is 44.3 Å². The van der Waals surface area contributed by atoms with Crippen LogP contribution in [0.2, 0.25) is 5.15 Å². The Morgan fingerprint density at radius 3 is 2.79 bits per heavy atom. The number of nitrogens with one attached hydrogen (secondary N) is 3. The number of pyridine rings is 2. The zero-order valence-electron chi connectivity index (χ0n) is 19.8. The Labute approximate surface area is 221 Å². The van der Waals surface area contributed by atoms with Gasteiger partial charge < -0.3 is 10.3 Å². The first-order chi connectivity index (χ1) is 18.6. The Balaban J connectivity index is 1.18. The largest absolute Gasteiger partial charge is 0.350 e. The Morgan fingerprint density at radius 2 is 1.89 bits per heavy atom. The molecule has 6 rings (SSSR count). The number of benzene rings is 2. The van der Waals surface area contributed by atoms with Crippen molar-refractivity contribution in [1.82, 2.24) is 30.3 Å². The minimum Gasteiger partial charge on any atom is -0.350 e. The maximum atomic E-state index is 12.7. The van der Waals surface area contributed by atoms with Crippen LogP contribution >= 0.6 is 11.6 Å². The summed E-state index contributed by atoms with van der Waals surface area (Å²) in [5.74, 6) is 0.0844. The monoisotopic (exact) mass is 518 g/mol. The average molecular weight is 519 g/mol. The summed E-state index contributed by atoms with van der Waals surface area (Å²) in [6.45, 7) is 0. The Hall–Kier alpha value is -5.15. The van der Waals surface area contributed by atoms with Crippen LogP contribution < -0.4 is 10.7 Å². The number of nitrogens with zero attached hydrogens (tertiary/aromatic N) is 5. The molecule has 0 fully saturated rings. The molecule has 0 bridgehead atoms. The fourth-order valence-corrected chi connectivity index (χ4v) is 4.26. The van der Waals surface area contributed by atoms with Crippen molar-refractivity contribution in [3.63, 3.8) is 0 Å². The molecule has 9 nitrogen and oxygen atoms in total. The fourth-order valence-electron chi connectivity index (χ4n) is 4.05. The number of carbonyl (C=O) groups excluding carboxylic acids is 1. The molecule has 0 unspecified atom stereocenters. The number of para-hydroxylation sites is 1. The van der Waals surface area contributed by atoms with E-state index in [-0.39, 0.29) is 5.91 Å². The summed E-state index contributed by atoms with van der Waals surface area (Å²) in [7, 11) is 0. The number of fused-ring (bicyclic) bond motifs is 2. The first-order valence-corrected chi connectivity index (χ1v) is 12.0. The number of anilines is 2. The fraction of sp³-hybridized carbons (Fsp3) is 0. The zero-order valence-corrected chi connectivity index (χ0v) is 20.5. The van der Waals surface area contributed by atoms with Gasteiger partial charge in [0.25, 0.3) is 5.91 Å². The van der Waals surface area contributed by atoms with Gasteiger partial charge in [0.05, 0.1) is 17.4 Å². The molecule has 0 aliphatic carbocycles. The van der Waals surface area contributed by atoms with E-state index in [1.54, 1.807) is 36.9 Å². The SMILES string of the molecule is O=C(N/N=C/c1cc(Cl)nc2ccccc12)c1cc2cc(Nc3nccc(-c4cccnc4)n3)ccc2[nH]1. The number of hydrogen-bond donors (Lipinski definition) is 3. The average Bonchev–Trinajstić information content (AvgIpc) is 3.37. The van der Waals surface area contributed by atoms with Gasteiger partial charge >= 0.3 is 0 Å². The van der Waals surface area contributed by atoms with Gasteiger partial charge in [0.15, 0.2) is 0 Å². The number of rotatable bonds is 6. The van der Waals surface area contributed by atoms with Gasteiger partial charge in [0.2, 0.25) is 5.95 Å². The second kappa shape index (κ2) is 10.1. The summed E-state index contributed by atoms with van der Waals surface area (Å²) in [4.78, 5) is 33.2. The molecule has 0 aliphatic rings. The van der Waals surface area contributed by atoms with Crippen LogP contribution in [0, 0.1) is 0 Å². The molecule has 3 N–H and O–H groups in total. The molecule has 0 saturated heterocycles. The quantitative estimate of drug-likeness (QED) is 0.147. The lowest BCUT2D eigenvalue weighted by Gasteiger charge is -2.06. The smallest absolute Gasteiger partial charge is 0.287 e.